The summed E-state index contributed by atoms with van der Waals surface area (Å²) in [6.07, 6.45) is 28.5. The van der Waals surface area contributed by atoms with Gasteiger partial charge in [-0.25, -0.2) is 0 Å². The highest BCUT2D eigenvalue weighted by Gasteiger charge is 2.48. The van der Waals surface area contributed by atoms with Gasteiger partial charge in [-0.2, -0.15) is 0 Å². The molecular weight excluding hydrogens is 667 g/mol. The third kappa shape index (κ3) is 10.4. The lowest BCUT2D eigenvalue weighted by Crippen LogP contribution is -2.44. The molecule has 2 bridgehead atoms. The van der Waals surface area contributed by atoms with E-state index < -0.39 is 0 Å². The van der Waals surface area contributed by atoms with Gasteiger partial charge in [0.1, 0.15) is 11.3 Å². The molecule has 2 aromatic rings. The van der Waals surface area contributed by atoms with Gasteiger partial charge in [-0.05, 0) is 158 Å². The molecule has 4 aliphatic rings. The van der Waals surface area contributed by atoms with Crippen molar-refractivity contribution in [2.45, 2.75) is 157 Å². The maximum Gasteiger partial charge on any atom is 0.202 e. The molecule has 3 nitrogen and oxygen atoms in total. The molecule has 4 heteroatoms. The summed E-state index contributed by atoms with van der Waals surface area (Å²) in [5, 5.41) is 5.05. The van der Waals surface area contributed by atoms with Crippen LogP contribution in [0.2, 0.25) is 6.32 Å². The number of fused-ring (bicyclic) bond motifs is 3. The number of nitrogens with zero attached hydrogens (tertiary/aromatic N) is 1. The minimum atomic E-state index is 0.0111. The van der Waals surface area contributed by atoms with Crippen LogP contribution < -0.4 is 5.32 Å². The van der Waals surface area contributed by atoms with Gasteiger partial charge in [0.2, 0.25) is 6.71 Å². The van der Waals surface area contributed by atoms with Gasteiger partial charge in [0.15, 0.2) is 0 Å². The normalized spacial score (nSPS) is 22.6. The van der Waals surface area contributed by atoms with Crippen LogP contribution in [-0.2, 0) is 10.8 Å². The van der Waals surface area contributed by atoms with Crippen LogP contribution in [0.5, 0.6) is 0 Å². The zero-order chi connectivity index (χ0) is 40.4. The first-order valence-corrected chi connectivity index (χ1v) is 21.1. The average molecular weight is 741 g/mol. The molecule has 1 atom stereocenters. The first kappa shape index (κ1) is 42.5. The third-order valence-electron chi connectivity index (χ3n) is 13.1. The summed E-state index contributed by atoms with van der Waals surface area (Å²) < 4.78 is 6.85. The highest BCUT2D eigenvalue weighted by atomic mass is 16.3. The summed E-state index contributed by atoms with van der Waals surface area (Å²) in [6.45, 7) is 38.4. The van der Waals surface area contributed by atoms with Crippen molar-refractivity contribution >= 4 is 17.7 Å². The Hall–Kier alpha value is -3.66. The Balaban J connectivity index is 1.45. The van der Waals surface area contributed by atoms with Crippen LogP contribution in [0.25, 0.3) is 11.0 Å². The van der Waals surface area contributed by atoms with E-state index in [1.807, 2.05) is 12.2 Å². The molecule has 0 amide bonds. The van der Waals surface area contributed by atoms with E-state index in [1.54, 1.807) is 5.56 Å². The van der Waals surface area contributed by atoms with E-state index in [-0.39, 0.29) is 39.8 Å². The molecule has 0 radical (unpaired) electrons. The highest BCUT2D eigenvalue weighted by Crippen LogP contribution is 2.57. The van der Waals surface area contributed by atoms with Crippen molar-refractivity contribution in [3.63, 3.8) is 0 Å². The predicted octanol–water partition coefficient (Wildman–Crippen LogP) is 14.8. The van der Waals surface area contributed by atoms with Gasteiger partial charge in [-0.3, -0.25) is 0 Å². The molecule has 0 spiro atoms. The second-order valence-corrected chi connectivity index (χ2v) is 20.8. The van der Waals surface area contributed by atoms with Gasteiger partial charge in [0, 0.05) is 17.3 Å². The first-order valence-electron chi connectivity index (χ1n) is 21.1. The Kier molecular flexibility index (Phi) is 12.7. The van der Waals surface area contributed by atoms with Gasteiger partial charge in [0.25, 0.3) is 0 Å². The molecule has 1 aromatic heterocycles. The van der Waals surface area contributed by atoms with Gasteiger partial charge < -0.3 is 14.6 Å². The number of hydrogen-bond acceptors (Lipinski definition) is 3. The monoisotopic (exact) mass is 741 g/mol. The Morgan fingerprint density at radius 2 is 1.58 bits per heavy atom. The standard InChI is InChI=1S/C51H73BN2O/c1-15-17-19-41-33-52(38(5)35-54(41)36-40(37(3)4)32-49(11,12)23-22-48(9,10)20-16-2)34-44(53-28-18-21-47(6,7)8)46-30-39-29-42-43(31-45(39)55-46)51(14)26-24-50(42,13)25-27-51/h15-19,28-31,33,35-36,44,53H,1-3,20-27,32,34H2,4-14H3/b19-17-,28-18+,40-36-. The van der Waals surface area contributed by atoms with Crippen molar-refractivity contribution < 1.29 is 4.42 Å². The second-order valence-electron chi connectivity index (χ2n) is 20.8. The summed E-state index contributed by atoms with van der Waals surface area (Å²) in [7, 11) is 0. The Labute approximate surface area is 336 Å². The fraction of sp³-hybridized carbons (Fsp3) is 0.529. The molecule has 3 aliphatic carbocycles. The smallest absolute Gasteiger partial charge is 0.202 e. The number of nitrogens with one attached hydrogen (secondary N) is 1. The lowest BCUT2D eigenvalue weighted by atomic mass is 9.40. The summed E-state index contributed by atoms with van der Waals surface area (Å²) in [4.78, 5) is 2.31. The lowest BCUT2D eigenvalue weighted by molar-refractivity contribution is 0.188. The van der Waals surface area contributed by atoms with Crippen LogP contribution in [0.3, 0.4) is 0 Å². The number of hydrogen-bond donors (Lipinski definition) is 1. The molecule has 1 unspecified atom stereocenters. The van der Waals surface area contributed by atoms with E-state index >= 15 is 0 Å². The van der Waals surface area contributed by atoms with Crippen molar-refractivity contribution in [2.24, 2.45) is 16.2 Å². The zero-order valence-electron chi connectivity index (χ0n) is 36.6. The molecule has 1 aliphatic heterocycles. The van der Waals surface area contributed by atoms with Gasteiger partial charge in [-0.15, -0.1) is 6.58 Å². The quantitative estimate of drug-likeness (QED) is 0.0994. The van der Waals surface area contributed by atoms with Crippen LogP contribution in [-0.4, -0.2) is 11.6 Å². The third-order valence-corrected chi connectivity index (χ3v) is 13.1. The van der Waals surface area contributed by atoms with Crippen molar-refractivity contribution in [1.82, 2.24) is 10.2 Å². The fourth-order valence-corrected chi connectivity index (χ4v) is 9.02. The lowest BCUT2D eigenvalue weighted by Gasteiger charge is -2.52. The van der Waals surface area contributed by atoms with Gasteiger partial charge in [-0.1, -0.05) is 117 Å². The van der Waals surface area contributed by atoms with Crippen LogP contribution in [0, 0.1) is 16.2 Å². The van der Waals surface area contributed by atoms with E-state index in [2.05, 4.69) is 167 Å². The van der Waals surface area contributed by atoms with Crippen molar-refractivity contribution in [2.75, 3.05) is 0 Å². The topological polar surface area (TPSA) is 28.4 Å². The van der Waals surface area contributed by atoms with Gasteiger partial charge >= 0.3 is 0 Å². The van der Waals surface area contributed by atoms with E-state index in [9.17, 15) is 0 Å². The SMILES string of the molecule is C=C/C=C\C1=CB(CC(N/C=C/CC(C)(C)C)c2cc3cc4c(cc3o2)C2(C)CCC4(C)CC2)C(C)=CN1/C=C(/CC(C)(C)CCC(C)(C)CC=C)C(=C)C. The molecule has 55 heavy (non-hydrogen) atoms. The minimum Gasteiger partial charge on any atom is -0.459 e. The van der Waals surface area contributed by atoms with E-state index in [0.717, 1.165) is 54.6 Å². The molecular formula is C51H73BN2O. The largest absolute Gasteiger partial charge is 0.459 e. The number of furan rings is 1. The van der Waals surface area contributed by atoms with Crippen LogP contribution in [0.4, 0.5) is 0 Å². The van der Waals surface area contributed by atoms with Gasteiger partial charge in [0.05, 0.1) is 6.04 Å². The maximum absolute atomic E-state index is 6.85. The molecule has 1 N–H and O–H groups in total. The Morgan fingerprint density at radius 1 is 0.945 bits per heavy atom. The van der Waals surface area contributed by atoms with Crippen LogP contribution >= 0.6 is 0 Å². The summed E-state index contributed by atoms with van der Waals surface area (Å²) >= 11 is 0. The summed E-state index contributed by atoms with van der Waals surface area (Å²) in [6, 6.07) is 7.19. The van der Waals surface area contributed by atoms with E-state index in [4.69, 9.17) is 4.42 Å². The van der Waals surface area contributed by atoms with Crippen molar-refractivity contribution in [1.29, 1.82) is 0 Å². The first-order chi connectivity index (χ1) is 25.7. The highest BCUT2D eigenvalue weighted by molar-refractivity contribution is 6.72. The molecule has 2 heterocycles. The molecule has 6 rings (SSSR count). The van der Waals surface area contributed by atoms with Crippen molar-refractivity contribution in [3.05, 3.63) is 132 Å². The Morgan fingerprint density at radius 3 is 2.18 bits per heavy atom. The average Bonchev–Trinajstić information content (AvgIpc) is 3.52. The molecule has 0 saturated heterocycles. The summed E-state index contributed by atoms with van der Waals surface area (Å²) in [5.74, 6) is 3.44. The number of benzene rings is 1. The Bertz CT molecular complexity index is 1840. The predicted molar refractivity (Wildman–Crippen MR) is 241 cm³/mol. The van der Waals surface area contributed by atoms with Crippen LogP contribution in [0.15, 0.2) is 120 Å². The molecule has 1 fully saturated rings. The van der Waals surface area contributed by atoms with E-state index in [1.165, 1.54) is 54.1 Å². The second kappa shape index (κ2) is 16.4. The number of rotatable bonds is 17. The molecule has 296 valence electrons. The minimum absolute atomic E-state index is 0.0111. The fourth-order valence-electron chi connectivity index (χ4n) is 9.02. The molecule has 1 aromatic carbocycles. The molecule has 1 saturated carbocycles. The number of allylic oxidation sites excluding steroid dienone is 8. The van der Waals surface area contributed by atoms with E-state index in [0.29, 0.717) is 0 Å². The van der Waals surface area contributed by atoms with Crippen molar-refractivity contribution in [3.8, 4) is 0 Å². The maximum atomic E-state index is 6.85. The zero-order valence-corrected chi connectivity index (χ0v) is 36.6. The van der Waals surface area contributed by atoms with Crippen LogP contribution in [0.1, 0.15) is 157 Å². The summed E-state index contributed by atoms with van der Waals surface area (Å²) in [5.41, 5.74) is 10.1.